The largest absolute Gasteiger partial charge is 0.383 e. The van der Waals surface area contributed by atoms with Gasteiger partial charge in [-0.15, -0.1) is 0 Å². The molecule has 0 aromatic carbocycles. The maximum Gasteiger partial charge on any atom is 0.267 e. The zero-order valence-corrected chi connectivity index (χ0v) is 12.7. The molecule has 2 aliphatic heterocycles. The second kappa shape index (κ2) is 6.52. The first kappa shape index (κ1) is 15.9. The van der Waals surface area contributed by atoms with E-state index in [-0.39, 0.29) is 41.9 Å². The second-order valence-electron chi connectivity index (χ2n) is 5.09. The molecule has 1 atom stereocenters. The standard InChI is InChI=1S/C12H19N3O5S/c1-20-6-5-13-12(17)10-2-3-11(16)15(14-10)9-4-7-21(18,19)8-9/h9H,2-8H2,1H3,(H,13,17)/t9-/m0/s1. The second-order valence-corrected chi connectivity index (χ2v) is 7.32. The molecular formula is C12H19N3O5S. The Hall–Kier alpha value is -1.48. The van der Waals surface area contributed by atoms with Gasteiger partial charge >= 0.3 is 0 Å². The monoisotopic (exact) mass is 317 g/mol. The van der Waals surface area contributed by atoms with Gasteiger partial charge in [0.25, 0.3) is 5.91 Å². The molecule has 0 unspecified atom stereocenters. The molecule has 118 valence electrons. The highest BCUT2D eigenvalue weighted by atomic mass is 32.2. The van der Waals surface area contributed by atoms with Gasteiger partial charge in [-0.1, -0.05) is 0 Å². The number of rotatable bonds is 5. The zero-order valence-electron chi connectivity index (χ0n) is 11.9. The van der Waals surface area contributed by atoms with Gasteiger partial charge in [0, 0.05) is 26.5 Å². The van der Waals surface area contributed by atoms with Crippen molar-refractivity contribution in [2.24, 2.45) is 5.10 Å². The summed E-state index contributed by atoms with van der Waals surface area (Å²) in [6.07, 6.45) is 0.816. The average Bonchev–Trinajstić information content (AvgIpc) is 2.79. The van der Waals surface area contributed by atoms with E-state index in [9.17, 15) is 18.0 Å². The molecule has 2 heterocycles. The number of hydrogen-bond acceptors (Lipinski definition) is 6. The van der Waals surface area contributed by atoms with Crippen LogP contribution in [0.2, 0.25) is 0 Å². The van der Waals surface area contributed by atoms with Crippen molar-refractivity contribution in [2.75, 3.05) is 31.8 Å². The zero-order chi connectivity index (χ0) is 15.5. The normalized spacial score (nSPS) is 24.8. The van der Waals surface area contributed by atoms with Crippen LogP contribution in [0.5, 0.6) is 0 Å². The van der Waals surface area contributed by atoms with Crippen LogP contribution >= 0.6 is 0 Å². The van der Waals surface area contributed by atoms with Crippen LogP contribution < -0.4 is 5.32 Å². The van der Waals surface area contributed by atoms with E-state index in [1.54, 1.807) is 0 Å². The third-order valence-electron chi connectivity index (χ3n) is 3.47. The molecule has 2 rings (SSSR count). The number of nitrogens with zero attached hydrogens (tertiary/aromatic N) is 2. The van der Waals surface area contributed by atoms with E-state index in [1.807, 2.05) is 0 Å². The summed E-state index contributed by atoms with van der Waals surface area (Å²) in [6, 6.07) is -0.454. The quantitative estimate of drug-likeness (QED) is 0.649. The summed E-state index contributed by atoms with van der Waals surface area (Å²) >= 11 is 0. The van der Waals surface area contributed by atoms with E-state index in [0.29, 0.717) is 19.6 Å². The van der Waals surface area contributed by atoms with Crippen LogP contribution in [0, 0.1) is 0 Å². The number of hydrazone groups is 1. The van der Waals surface area contributed by atoms with Crippen molar-refractivity contribution < 1.29 is 22.7 Å². The molecular weight excluding hydrogens is 298 g/mol. The van der Waals surface area contributed by atoms with Crippen molar-refractivity contribution in [3.8, 4) is 0 Å². The van der Waals surface area contributed by atoms with Gasteiger partial charge in [-0.05, 0) is 6.42 Å². The number of ether oxygens (including phenoxy) is 1. The molecule has 0 aliphatic carbocycles. The molecule has 0 bridgehead atoms. The predicted octanol–water partition coefficient (Wildman–Crippen LogP) is -1.09. The highest BCUT2D eigenvalue weighted by Crippen LogP contribution is 2.22. The predicted molar refractivity (Wildman–Crippen MR) is 75.5 cm³/mol. The molecule has 9 heteroatoms. The summed E-state index contributed by atoms with van der Waals surface area (Å²) in [5.41, 5.74) is 0.259. The van der Waals surface area contributed by atoms with Gasteiger partial charge in [0.05, 0.1) is 24.2 Å². The van der Waals surface area contributed by atoms with Crippen molar-refractivity contribution in [3.05, 3.63) is 0 Å². The lowest BCUT2D eigenvalue weighted by molar-refractivity contribution is -0.133. The van der Waals surface area contributed by atoms with Crippen LogP contribution in [0.1, 0.15) is 19.3 Å². The van der Waals surface area contributed by atoms with Gasteiger partial charge in [-0.2, -0.15) is 5.10 Å². The first-order valence-electron chi connectivity index (χ1n) is 6.80. The first-order chi connectivity index (χ1) is 9.93. The van der Waals surface area contributed by atoms with Crippen LogP contribution in [0.25, 0.3) is 0 Å². The molecule has 1 N–H and O–H groups in total. The van der Waals surface area contributed by atoms with Crippen LogP contribution in [-0.2, 0) is 24.2 Å². The maximum absolute atomic E-state index is 11.9. The lowest BCUT2D eigenvalue weighted by atomic mass is 10.1. The summed E-state index contributed by atoms with van der Waals surface area (Å²) in [4.78, 5) is 23.8. The number of sulfone groups is 1. The molecule has 0 radical (unpaired) electrons. The Balaban J connectivity index is 2.05. The molecule has 1 saturated heterocycles. The molecule has 0 aromatic heterocycles. The number of hydrogen-bond donors (Lipinski definition) is 1. The highest BCUT2D eigenvalue weighted by molar-refractivity contribution is 7.91. The van der Waals surface area contributed by atoms with E-state index in [2.05, 4.69) is 10.4 Å². The summed E-state index contributed by atoms with van der Waals surface area (Å²) in [6.45, 7) is 0.753. The summed E-state index contributed by atoms with van der Waals surface area (Å²) in [7, 11) is -1.57. The van der Waals surface area contributed by atoms with Crippen LogP contribution in [0.3, 0.4) is 0 Å². The molecule has 1 fully saturated rings. The van der Waals surface area contributed by atoms with Gasteiger partial charge in [-0.25, -0.2) is 13.4 Å². The Bertz CT molecular complexity index is 557. The lowest BCUT2D eigenvalue weighted by Crippen LogP contribution is -2.44. The lowest BCUT2D eigenvalue weighted by Gasteiger charge is -2.27. The number of amides is 2. The fourth-order valence-electron chi connectivity index (χ4n) is 2.36. The molecule has 2 amide bonds. The van der Waals surface area contributed by atoms with Crippen molar-refractivity contribution in [2.45, 2.75) is 25.3 Å². The number of carbonyl (C=O) groups excluding carboxylic acids is 2. The van der Waals surface area contributed by atoms with E-state index in [1.165, 1.54) is 12.1 Å². The minimum absolute atomic E-state index is 0.0618. The third-order valence-corrected chi connectivity index (χ3v) is 5.22. The Morgan fingerprint density at radius 2 is 2.24 bits per heavy atom. The van der Waals surface area contributed by atoms with Gasteiger partial charge in [0.1, 0.15) is 5.71 Å². The SMILES string of the molecule is COCCNC(=O)C1=NN([C@H]2CCS(=O)(=O)C2)C(=O)CC1. The van der Waals surface area contributed by atoms with E-state index in [0.717, 1.165) is 0 Å². The first-order valence-corrected chi connectivity index (χ1v) is 8.62. The Morgan fingerprint density at radius 1 is 1.48 bits per heavy atom. The number of carbonyl (C=O) groups is 2. The molecule has 2 aliphatic rings. The summed E-state index contributed by atoms with van der Waals surface area (Å²) in [5.74, 6) is -0.594. The van der Waals surface area contributed by atoms with E-state index >= 15 is 0 Å². The minimum Gasteiger partial charge on any atom is -0.383 e. The van der Waals surface area contributed by atoms with Crippen molar-refractivity contribution >= 4 is 27.4 Å². The fraction of sp³-hybridized carbons (Fsp3) is 0.750. The summed E-state index contributed by atoms with van der Waals surface area (Å²) in [5, 5.41) is 7.90. The van der Waals surface area contributed by atoms with Crippen molar-refractivity contribution in [3.63, 3.8) is 0 Å². The Kier molecular flexibility index (Phi) is 4.94. The Labute approximate surface area is 123 Å². The topological polar surface area (TPSA) is 105 Å². The fourth-order valence-corrected chi connectivity index (χ4v) is 4.05. The molecule has 0 saturated carbocycles. The smallest absolute Gasteiger partial charge is 0.267 e. The molecule has 0 spiro atoms. The van der Waals surface area contributed by atoms with Gasteiger partial charge in [-0.3, -0.25) is 9.59 Å². The minimum atomic E-state index is -3.10. The van der Waals surface area contributed by atoms with Crippen molar-refractivity contribution in [1.82, 2.24) is 10.3 Å². The Morgan fingerprint density at radius 3 is 2.86 bits per heavy atom. The van der Waals surface area contributed by atoms with Crippen LogP contribution in [0.4, 0.5) is 0 Å². The highest BCUT2D eigenvalue weighted by Gasteiger charge is 2.37. The molecule has 0 aromatic rings. The number of methoxy groups -OCH3 is 1. The molecule has 8 nitrogen and oxygen atoms in total. The number of nitrogens with one attached hydrogen (secondary N) is 1. The van der Waals surface area contributed by atoms with Crippen LogP contribution in [-0.4, -0.2) is 68.8 Å². The van der Waals surface area contributed by atoms with Gasteiger partial charge in [0.2, 0.25) is 5.91 Å². The van der Waals surface area contributed by atoms with Crippen molar-refractivity contribution in [1.29, 1.82) is 0 Å². The van der Waals surface area contributed by atoms with Gasteiger partial charge < -0.3 is 10.1 Å². The van der Waals surface area contributed by atoms with E-state index < -0.39 is 15.9 Å². The third kappa shape index (κ3) is 4.01. The van der Waals surface area contributed by atoms with Gasteiger partial charge in [0.15, 0.2) is 9.84 Å². The van der Waals surface area contributed by atoms with Crippen LogP contribution in [0.15, 0.2) is 5.10 Å². The summed E-state index contributed by atoms with van der Waals surface area (Å²) < 4.78 is 27.8. The maximum atomic E-state index is 11.9. The average molecular weight is 317 g/mol. The molecule has 21 heavy (non-hydrogen) atoms. The van der Waals surface area contributed by atoms with E-state index in [4.69, 9.17) is 4.74 Å².